The third-order valence-corrected chi connectivity index (χ3v) is 5.05. The zero-order chi connectivity index (χ0) is 18.2. The summed E-state index contributed by atoms with van der Waals surface area (Å²) in [4.78, 5) is 10.7. The number of aromatic nitrogens is 2. The molecule has 0 aliphatic heterocycles. The van der Waals surface area contributed by atoms with Crippen LogP contribution in [0.1, 0.15) is 23.4 Å². The predicted octanol–water partition coefficient (Wildman–Crippen LogP) is 2.84. The van der Waals surface area contributed by atoms with E-state index < -0.39 is 0 Å². The Morgan fingerprint density at radius 1 is 1.38 bits per heavy atom. The van der Waals surface area contributed by atoms with Gasteiger partial charge >= 0.3 is 0 Å². The summed E-state index contributed by atoms with van der Waals surface area (Å²) in [5.41, 5.74) is 1.19. The van der Waals surface area contributed by atoms with Crippen molar-refractivity contribution in [2.75, 3.05) is 40.8 Å². The zero-order valence-electron chi connectivity index (χ0n) is 16.3. The van der Waals surface area contributed by atoms with E-state index >= 15 is 0 Å². The maximum atomic E-state index is 4.88. The van der Waals surface area contributed by atoms with E-state index in [0.717, 1.165) is 25.5 Å². The Balaban J connectivity index is 0.00000338. The number of rotatable bonds is 8. The summed E-state index contributed by atoms with van der Waals surface area (Å²) in [5.74, 6) is 0.954. The van der Waals surface area contributed by atoms with Gasteiger partial charge in [-0.25, -0.2) is 0 Å². The number of likely N-dealkylation sites (N-methyl/N-ethyl adjacent to an activating group) is 2. The standard InChI is InChI=1S/C18H30N6S.HI/c1-6-19-18(23(4)10-9-16-8-7-11-25-16)20-13-17(22(2)3)15-12-21-24(5)14-15;/h7-8,11-12,14,17H,6,9-10,13H2,1-5H3,(H,19,20);1H. The second-order valence-corrected chi connectivity index (χ2v) is 7.40. The van der Waals surface area contributed by atoms with Gasteiger partial charge in [0.1, 0.15) is 0 Å². The fraction of sp³-hybridized carbons (Fsp3) is 0.556. The molecule has 2 aromatic heterocycles. The molecule has 2 rings (SSSR count). The monoisotopic (exact) mass is 490 g/mol. The van der Waals surface area contributed by atoms with Gasteiger partial charge in [0, 0.05) is 43.8 Å². The Labute approximate surface area is 178 Å². The van der Waals surface area contributed by atoms with Gasteiger partial charge in [-0.1, -0.05) is 6.07 Å². The lowest BCUT2D eigenvalue weighted by Crippen LogP contribution is -2.40. The van der Waals surface area contributed by atoms with Gasteiger partial charge in [-0.15, -0.1) is 35.3 Å². The van der Waals surface area contributed by atoms with Crippen LogP contribution in [0, 0.1) is 0 Å². The summed E-state index contributed by atoms with van der Waals surface area (Å²) in [6.07, 6.45) is 5.03. The lowest BCUT2D eigenvalue weighted by molar-refractivity contribution is 0.305. The molecule has 0 radical (unpaired) electrons. The number of hydrogen-bond donors (Lipinski definition) is 1. The van der Waals surface area contributed by atoms with Gasteiger partial charge in [0.15, 0.2) is 5.96 Å². The van der Waals surface area contributed by atoms with Crippen molar-refractivity contribution in [3.63, 3.8) is 0 Å². The van der Waals surface area contributed by atoms with Crippen molar-refractivity contribution in [3.8, 4) is 0 Å². The molecular formula is C18H31IN6S. The molecule has 0 bridgehead atoms. The Morgan fingerprint density at radius 3 is 2.69 bits per heavy atom. The minimum atomic E-state index is 0. The molecule has 6 nitrogen and oxygen atoms in total. The van der Waals surface area contributed by atoms with E-state index in [-0.39, 0.29) is 30.0 Å². The first-order valence-corrected chi connectivity index (χ1v) is 9.56. The van der Waals surface area contributed by atoms with Crippen LogP contribution in [0.5, 0.6) is 0 Å². The quantitative estimate of drug-likeness (QED) is 0.351. The molecule has 1 N–H and O–H groups in total. The van der Waals surface area contributed by atoms with Crippen LogP contribution in [-0.4, -0.2) is 66.3 Å². The number of halogens is 1. The molecule has 1 unspecified atom stereocenters. The smallest absolute Gasteiger partial charge is 0.193 e. The van der Waals surface area contributed by atoms with Gasteiger partial charge in [-0.2, -0.15) is 5.10 Å². The first kappa shape index (κ1) is 22.9. The Bertz CT molecular complexity index is 652. The first-order chi connectivity index (χ1) is 12.0. The normalized spacial score (nSPS) is 12.8. The van der Waals surface area contributed by atoms with E-state index in [1.54, 1.807) is 0 Å². The molecule has 8 heteroatoms. The van der Waals surface area contributed by atoms with Gasteiger partial charge in [-0.3, -0.25) is 9.67 Å². The fourth-order valence-corrected chi connectivity index (χ4v) is 3.36. The van der Waals surface area contributed by atoms with Crippen molar-refractivity contribution >= 4 is 41.3 Å². The maximum absolute atomic E-state index is 4.88. The molecule has 0 fully saturated rings. The van der Waals surface area contributed by atoms with E-state index in [1.807, 2.05) is 29.3 Å². The van der Waals surface area contributed by atoms with Crippen molar-refractivity contribution in [1.82, 2.24) is 24.9 Å². The molecule has 146 valence electrons. The van der Waals surface area contributed by atoms with Crippen LogP contribution >= 0.6 is 35.3 Å². The lowest BCUT2D eigenvalue weighted by Gasteiger charge is -2.25. The highest BCUT2D eigenvalue weighted by Crippen LogP contribution is 2.17. The van der Waals surface area contributed by atoms with Gasteiger partial charge in [0.2, 0.25) is 0 Å². The largest absolute Gasteiger partial charge is 0.357 e. The minimum absolute atomic E-state index is 0. The molecule has 26 heavy (non-hydrogen) atoms. The summed E-state index contributed by atoms with van der Waals surface area (Å²) in [6, 6.07) is 4.51. The van der Waals surface area contributed by atoms with Crippen LogP contribution in [0.2, 0.25) is 0 Å². The average Bonchev–Trinajstić information content (AvgIpc) is 3.23. The number of thiophene rings is 1. The number of aliphatic imine (C=N–C) groups is 1. The highest BCUT2D eigenvalue weighted by molar-refractivity contribution is 14.0. The van der Waals surface area contributed by atoms with Crippen molar-refractivity contribution in [2.24, 2.45) is 12.0 Å². The number of nitrogens with zero attached hydrogens (tertiary/aromatic N) is 5. The van der Waals surface area contributed by atoms with Gasteiger partial charge < -0.3 is 15.1 Å². The molecule has 0 saturated heterocycles. The molecule has 0 spiro atoms. The molecule has 1 atom stereocenters. The van der Waals surface area contributed by atoms with Crippen LogP contribution in [0.4, 0.5) is 0 Å². The van der Waals surface area contributed by atoms with Crippen LogP contribution in [0.15, 0.2) is 34.9 Å². The minimum Gasteiger partial charge on any atom is -0.357 e. The fourth-order valence-electron chi connectivity index (χ4n) is 2.66. The van der Waals surface area contributed by atoms with E-state index in [0.29, 0.717) is 6.54 Å². The zero-order valence-corrected chi connectivity index (χ0v) is 19.5. The lowest BCUT2D eigenvalue weighted by atomic mass is 10.1. The average molecular weight is 490 g/mol. The third-order valence-electron chi connectivity index (χ3n) is 4.12. The predicted molar refractivity (Wildman–Crippen MR) is 122 cm³/mol. The van der Waals surface area contributed by atoms with Gasteiger partial charge in [0.05, 0.1) is 18.8 Å². The molecule has 0 amide bonds. The second-order valence-electron chi connectivity index (χ2n) is 6.37. The molecule has 0 aliphatic rings. The molecule has 0 saturated carbocycles. The molecule has 2 aromatic rings. The maximum Gasteiger partial charge on any atom is 0.193 e. The summed E-state index contributed by atoms with van der Waals surface area (Å²) in [5, 5.41) is 9.83. The SMILES string of the molecule is CCNC(=NCC(c1cnn(C)c1)N(C)C)N(C)CCc1cccs1.I. The second kappa shape index (κ2) is 11.6. The molecular weight excluding hydrogens is 459 g/mol. The van der Waals surface area contributed by atoms with Crippen molar-refractivity contribution in [2.45, 2.75) is 19.4 Å². The number of hydrogen-bond acceptors (Lipinski definition) is 4. The Hall–Kier alpha value is -1.13. The van der Waals surface area contributed by atoms with Gasteiger partial charge in [-0.05, 0) is 38.9 Å². The van der Waals surface area contributed by atoms with Crippen LogP contribution < -0.4 is 5.32 Å². The van der Waals surface area contributed by atoms with E-state index in [2.05, 4.69) is 72.0 Å². The summed E-state index contributed by atoms with van der Waals surface area (Å²) < 4.78 is 1.84. The topological polar surface area (TPSA) is 48.7 Å². The van der Waals surface area contributed by atoms with Crippen molar-refractivity contribution in [1.29, 1.82) is 0 Å². The van der Waals surface area contributed by atoms with Crippen molar-refractivity contribution < 1.29 is 0 Å². The molecule has 2 heterocycles. The van der Waals surface area contributed by atoms with Crippen LogP contribution in [0.3, 0.4) is 0 Å². The summed E-state index contributed by atoms with van der Waals surface area (Å²) in [6.45, 7) is 4.62. The Kier molecular flexibility index (Phi) is 10.2. The first-order valence-electron chi connectivity index (χ1n) is 8.68. The number of nitrogens with one attached hydrogen (secondary N) is 1. The summed E-state index contributed by atoms with van der Waals surface area (Å²) in [7, 11) is 8.22. The highest BCUT2D eigenvalue weighted by Gasteiger charge is 2.16. The van der Waals surface area contributed by atoms with Crippen LogP contribution in [-0.2, 0) is 13.5 Å². The van der Waals surface area contributed by atoms with Crippen LogP contribution in [0.25, 0.3) is 0 Å². The van der Waals surface area contributed by atoms with E-state index in [1.165, 1.54) is 10.4 Å². The van der Waals surface area contributed by atoms with E-state index in [4.69, 9.17) is 4.99 Å². The summed E-state index contributed by atoms with van der Waals surface area (Å²) >= 11 is 1.81. The number of aryl methyl sites for hydroxylation is 1. The molecule has 0 aliphatic carbocycles. The number of guanidine groups is 1. The highest BCUT2D eigenvalue weighted by atomic mass is 127. The van der Waals surface area contributed by atoms with Gasteiger partial charge in [0.25, 0.3) is 0 Å². The Morgan fingerprint density at radius 2 is 2.15 bits per heavy atom. The van der Waals surface area contributed by atoms with E-state index in [9.17, 15) is 0 Å². The van der Waals surface area contributed by atoms with Crippen molar-refractivity contribution in [3.05, 3.63) is 40.3 Å². The molecule has 0 aromatic carbocycles. The third kappa shape index (κ3) is 6.88.